The Bertz CT molecular complexity index is 1030. The van der Waals surface area contributed by atoms with Crippen LogP contribution in [0.4, 0.5) is 5.69 Å². The average molecular weight is 389 g/mol. The van der Waals surface area contributed by atoms with Crippen molar-refractivity contribution in [3.63, 3.8) is 0 Å². The maximum Gasteiger partial charge on any atom is 0.270 e. The number of rotatable bonds is 7. The fourth-order valence-electron chi connectivity index (χ4n) is 2.92. The van der Waals surface area contributed by atoms with Crippen molar-refractivity contribution in [2.24, 2.45) is 5.73 Å². The number of nitro groups is 1. The minimum Gasteiger partial charge on any atom is -0.368 e. The minimum absolute atomic E-state index is 0.0878. The van der Waals surface area contributed by atoms with Crippen molar-refractivity contribution in [1.82, 2.24) is 5.32 Å². The van der Waals surface area contributed by atoms with Crippen LogP contribution in [0.15, 0.2) is 78.9 Å². The molecule has 0 fully saturated rings. The van der Waals surface area contributed by atoms with Gasteiger partial charge in [-0.25, -0.2) is 0 Å². The third-order valence-electron chi connectivity index (χ3n) is 4.47. The Morgan fingerprint density at radius 3 is 2.21 bits per heavy atom. The summed E-state index contributed by atoms with van der Waals surface area (Å²) in [5, 5.41) is 13.4. The zero-order valence-corrected chi connectivity index (χ0v) is 15.4. The number of non-ortho nitro benzene ring substituents is 1. The Hall–Kier alpha value is -4.00. The molecule has 0 saturated carbocycles. The Balaban J connectivity index is 1.72. The van der Waals surface area contributed by atoms with Crippen molar-refractivity contribution in [1.29, 1.82) is 0 Å². The Morgan fingerprint density at radius 1 is 0.931 bits per heavy atom. The first-order chi connectivity index (χ1) is 13.9. The second-order valence-corrected chi connectivity index (χ2v) is 6.50. The average Bonchev–Trinajstić information content (AvgIpc) is 2.74. The third kappa shape index (κ3) is 5.04. The lowest BCUT2D eigenvalue weighted by Gasteiger charge is -2.16. The van der Waals surface area contributed by atoms with Crippen molar-refractivity contribution in [3.8, 4) is 11.1 Å². The number of nitro benzene ring substituents is 1. The van der Waals surface area contributed by atoms with E-state index in [0.29, 0.717) is 0 Å². The number of carbonyl (C=O) groups is 2. The van der Waals surface area contributed by atoms with Crippen LogP contribution < -0.4 is 11.1 Å². The maximum absolute atomic E-state index is 12.4. The number of primary amides is 1. The molecule has 0 unspecified atom stereocenters. The van der Waals surface area contributed by atoms with Crippen LogP contribution in [0.3, 0.4) is 0 Å². The maximum atomic E-state index is 12.4. The minimum atomic E-state index is -0.940. The zero-order chi connectivity index (χ0) is 20.8. The van der Waals surface area contributed by atoms with Gasteiger partial charge in [0.1, 0.15) is 6.04 Å². The summed E-state index contributed by atoms with van der Waals surface area (Å²) in [7, 11) is 0. The largest absolute Gasteiger partial charge is 0.368 e. The molecule has 0 saturated heterocycles. The molecule has 146 valence electrons. The number of nitrogens with one attached hydrogen (secondary N) is 1. The summed E-state index contributed by atoms with van der Waals surface area (Å²) in [4.78, 5) is 34.5. The molecule has 7 nitrogen and oxygen atoms in total. The molecule has 3 aromatic rings. The second-order valence-electron chi connectivity index (χ2n) is 6.50. The molecule has 1 atom stereocenters. The highest BCUT2D eigenvalue weighted by atomic mass is 16.6. The van der Waals surface area contributed by atoms with Crippen LogP contribution in [0.5, 0.6) is 0 Å². The molecule has 29 heavy (non-hydrogen) atoms. The molecule has 2 amide bonds. The van der Waals surface area contributed by atoms with E-state index in [2.05, 4.69) is 5.32 Å². The molecule has 7 heteroatoms. The first-order valence-electron chi connectivity index (χ1n) is 8.93. The van der Waals surface area contributed by atoms with E-state index in [0.717, 1.165) is 22.8 Å². The molecule has 3 aromatic carbocycles. The number of hydrogen-bond donors (Lipinski definition) is 2. The number of nitrogens with zero attached hydrogens (tertiary/aromatic N) is 1. The number of nitrogens with two attached hydrogens (primary N) is 1. The summed E-state index contributed by atoms with van der Waals surface area (Å²) < 4.78 is 0. The van der Waals surface area contributed by atoms with Crippen LogP contribution in [0.2, 0.25) is 0 Å². The quantitative estimate of drug-likeness (QED) is 0.477. The summed E-state index contributed by atoms with van der Waals surface area (Å²) >= 11 is 0. The molecule has 0 aliphatic heterocycles. The first kappa shape index (κ1) is 19.8. The standard InChI is InChI=1S/C22H19N3O4/c23-21(26)20(24-22(27)18-7-4-8-19(14-18)25(28)29)13-15-9-11-17(12-10-15)16-5-2-1-3-6-16/h1-12,14,20H,13H2,(H2,23,26)(H,24,27)/t20-/m0/s1. The van der Waals surface area contributed by atoms with Crippen molar-refractivity contribution >= 4 is 17.5 Å². The summed E-state index contributed by atoms with van der Waals surface area (Å²) in [6.45, 7) is 0. The SMILES string of the molecule is NC(=O)[C@H](Cc1ccc(-c2ccccc2)cc1)NC(=O)c1cccc([N+](=O)[O-])c1. The van der Waals surface area contributed by atoms with Gasteiger partial charge in [0.25, 0.3) is 11.6 Å². The van der Waals surface area contributed by atoms with E-state index in [1.54, 1.807) is 0 Å². The Morgan fingerprint density at radius 2 is 1.59 bits per heavy atom. The van der Waals surface area contributed by atoms with Crippen LogP contribution in [0.25, 0.3) is 11.1 Å². The van der Waals surface area contributed by atoms with Crippen molar-refractivity contribution in [2.45, 2.75) is 12.5 Å². The molecular formula is C22H19N3O4. The van der Waals surface area contributed by atoms with Gasteiger partial charge in [-0.3, -0.25) is 19.7 Å². The molecule has 0 aliphatic rings. The lowest BCUT2D eigenvalue weighted by atomic mass is 10.00. The van der Waals surface area contributed by atoms with E-state index in [1.165, 1.54) is 18.2 Å². The van der Waals surface area contributed by atoms with Gasteiger partial charge in [0.2, 0.25) is 5.91 Å². The monoisotopic (exact) mass is 389 g/mol. The van der Waals surface area contributed by atoms with Crippen LogP contribution in [0.1, 0.15) is 15.9 Å². The Kier molecular flexibility index (Phi) is 5.99. The number of amides is 2. The molecule has 0 bridgehead atoms. The summed E-state index contributed by atoms with van der Waals surface area (Å²) in [6, 6.07) is 21.8. The van der Waals surface area contributed by atoms with Gasteiger partial charge >= 0.3 is 0 Å². The van der Waals surface area contributed by atoms with E-state index >= 15 is 0 Å². The van der Waals surface area contributed by atoms with E-state index in [1.807, 2.05) is 54.6 Å². The van der Waals surface area contributed by atoms with E-state index in [-0.39, 0.29) is 17.7 Å². The highest BCUT2D eigenvalue weighted by Gasteiger charge is 2.20. The second kappa shape index (κ2) is 8.79. The van der Waals surface area contributed by atoms with Crippen molar-refractivity contribution in [3.05, 3.63) is 100 Å². The smallest absolute Gasteiger partial charge is 0.270 e. The molecule has 0 aromatic heterocycles. The van der Waals surface area contributed by atoms with Gasteiger partial charge in [0.15, 0.2) is 0 Å². The fraction of sp³-hybridized carbons (Fsp3) is 0.0909. The van der Waals surface area contributed by atoms with Gasteiger partial charge in [-0.1, -0.05) is 60.7 Å². The fourth-order valence-corrected chi connectivity index (χ4v) is 2.92. The van der Waals surface area contributed by atoms with Crippen molar-refractivity contribution < 1.29 is 14.5 Å². The summed E-state index contributed by atoms with van der Waals surface area (Å²) in [6.07, 6.45) is 0.213. The summed E-state index contributed by atoms with van der Waals surface area (Å²) in [5.41, 5.74) is 8.27. The summed E-state index contributed by atoms with van der Waals surface area (Å²) in [5.74, 6) is -1.28. The van der Waals surface area contributed by atoms with Gasteiger partial charge < -0.3 is 11.1 Å². The number of benzene rings is 3. The van der Waals surface area contributed by atoms with Crippen molar-refractivity contribution in [2.75, 3.05) is 0 Å². The lowest BCUT2D eigenvalue weighted by Crippen LogP contribution is -2.45. The van der Waals surface area contributed by atoms with E-state index in [9.17, 15) is 19.7 Å². The van der Waals surface area contributed by atoms with Crippen LogP contribution in [0, 0.1) is 10.1 Å². The van der Waals surface area contributed by atoms with E-state index < -0.39 is 22.8 Å². The van der Waals surface area contributed by atoms with Crippen LogP contribution in [-0.4, -0.2) is 22.8 Å². The molecule has 3 N–H and O–H groups in total. The van der Waals surface area contributed by atoms with Gasteiger partial charge in [-0.2, -0.15) is 0 Å². The molecule has 0 spiro atoms. The van der Waals surface area contributed by atoms with E-state index in [4.69, 9.17) is 5.73 Å². The van der Waals surface area contributed by atoms with Gasteiger partial charge in [0.05, 0.1) is 4.92 Å². The zero-order valence-electron chi connectivity index (χ0n) is 15.4. The molecule has 0 aliphatic carbocycles. The van der Waals surface area contributed by atoms with Gasteiger partial charge in [-0.15, -0.1) is 0 Å². The highest BCUT2D eigenvalue weighted by molar-refractivity contribution is 5.97. The predicted octanol–water partition coefficient (Wildman–Crippen LogP) is 3.09. The molecular weight excluding hydrogens is 370 g/mol. The normalized spacial score (nSPS) is 11.4. The Labute approximate surface area is 167 Å². The number of hydrogen-bond acceptors (Lipinski definition) is 4. The lowest BCUT2D eigenvalue weighted by molar-refractivity contribution is -0.384. The van der Waals surface area contributed by atoms with Gasteiger partial charge in [0, 0.05) is 24.1 Å². The third-order valence-corrected chi connectivity index (χ3v) is 4.47. The molecule has 0 heterocycles. The predicted molar refractivity (Wildman–Crippen MR) is 109 cm³/mol. The molecule has 0 radical (unpaired) electrons. The van der Waals surface area contributed by atoms with Crippen LogP contribution >= 0.6 is 0 Å². The topological polar surface area (TPSA) is 115 Å². The highest BCUT2D eigenvalue weighted by Crippen LogP contribution is 2.20. The number of carbonyl (C=O) groups excluding carboxylic acids is 2. The first-order valence-corrected chi connectivity index (χ1v) is 8.93. The van der Waals surface area contributed by atoms with Gasteiger partial charge in [-0.05, 0) is 22.8 Å². The molecule has 3 rings (SSSR count). The van der Waals surface area contributed by atoms with Crippen LogP contribution in [-0.2, 0) is 11.2 Å².